The van der Waals surface area contributed by atoms with Crippen LogP contribution >= 0.6 is 11.3 Å². The van der Waals surface area contributed by atoms with E-state index in [9.17, 15) is 19.5 Å². The minimum atomic E-state index is -1.13. The highest BCUT2D eigenvalue weighted by Crippen LogP contribution is 2.56. The second-order valence-corrected chi connectivity index (χ2v) is 15.8. The van der Waals surface area contributed by atoms with Crippen LogP contribution < -0.4 is 4.90 Å². The fourth-order valence-corrected chi connectivity index (χ4v) is 10.6. The number of hydrogen-bond acceptors (Lipinski definition) is 5. The lowest BCUT2D eigenvalue weighted by molar-refractivity contribution is 0.0696. The lowest BCUT2D eigenvalue weighted by Crippen LogP contribution is -2.26. The van der Waals surface area contributed by atoms with Crippen molar-refractivity contribution in [2.45, 2.75) is 50.5 Å². The smallest absolute Gasteiger partial charge is 0.335 e. The van der Waals surface area contributed by atoms with Crippen molar-refractivity contribution < 1.29 is 19.5 Å². The third-order valence-electron chi connectivity index (χ3n) is 11.8. The van der Waals surface area contributed by atoms with Crippen molar-refractivity contribution >= 4 is 57.1 Å². The van der Waals surface area contributed by atoms with E-state index < -0.39 is 11.8 Å². The number of Topliss-reactive ketones (excluding diaryl/α,β-unsaturated/α-hetero) is 2. The van der Waals surface area contributed by atoms with Crippen LogP contribution in [0.1, 0.15) is 91.7 Å². The van der Waals surface area contributed by atoms with Gasteiger partial charge in [-0.3, -0.25) is 9.59 Å². The highest BCUT2D eigenvalue weighted by molar-refractivity contribution is 7.18. The molecule has 2 atom stereocenters. The van der Waals surface area contributed by atoms with E-state index in [0.717, 1.165) is 38.9 Å². The lowest BCUT2D eigenvalue weighted by atomic mass is 9.82. The third kappa shape index (κ3) is 4.23. The average Bonchev–Trinajstić information content (AvgIpc) is 3.93. The zero-order valence-electron chi connectivity index (χ0n) is 28.2. The second kappa shape index (κ2) is 10.7. The van der Waals surface area contributed by atoms with Gasteiger partial charge in [0.2, 0.25) is 0 Å². The van der Waals surface area contributed by atoms with Crippen LogP contribution in [0, 0.1) is 0 Å². The van der Waals surface area contributed by atoms with E-state index in [1.54, 1.807) is 17.4 Å². The van der Waals surface area contributed by atoms with E-state index in [-0.39, 0.29) is 33.5 Å². The van der Waals surface area contributed by atoms with Crippen LogP contribution in [-0.4, -0.2) is 28.7 Å². The van der Waals surface area contributed by atoms with Gasteiger partial charge in [-0.15, -0.1) is 11.3 Å². The number of nitrogens with zero attached hydrogens (tertiary/aromatic N) is 1. The molecule has 6 aromatic rings. The summed E-state index contributed by atoms with van der Waals surface area (Å²) in [5.74, 6) is -1.48. The topological polar surface area (TPSA) is 74.7 Å². The summed E-state index contributed by atoms with van der Waals surface area (Å²) < 4.78 is 0. The quantitative estimate of drug-likeness (QED) is 0.148. The summed E-state index contributed by atoms with van der Waals surface area (Å²) >= 11 is 1.59. The molecule has 1 aliphatic heterocycles. The van der Waals surface area contributed by atoms with Crippen molar-refractivity contribution in [1.82, 2.24) is 0 Å². The summed E-state index contributed by atoms with van der Waals surface area (Å²) in [4.78, 5) is 43.0. The second-order valence-electron chi connectivity index (χ2n) is 14.8. The number of aromatic carboxylic acids is 1. The Bertz CT molecular complexity index is 2590. The predicted molar refractivity (Wildman–Crippen MR) is 204 cm³/mol. The molecule has 5 nitrogen and oxygen atoms in total. The van der Waals surface area contributed by atoms with Crippen LogP contribution in [0.25, 0.3) is 38.4 Å². The number of carbonyl (C=O) groups excluding carboxylic acids is 2. The molecule has 1 aromatic heterocycles. The number of carboxylic acid groups (broad SMARTS) is 1. The number of fused-ring (bicyclic) bond motifs is 8. The molecule has 2 unspecified atom stereocenters. The van der Waals surface area contributed by atoms with Gasteiger partial charge in [-0.25, -0.2) is 4.79 Å². The fraction of sp³-hybridized carbons (Fsp3) is 0.178. The van der Waals surface area contributed by atoms with E-state index in [1.165, 1.54) is 63.8 Å². The molecule has 5 aromatic carbocycles. The van der Waals surface area contributed by atoms with Crippen LogP contribution in [0.3, 0.4) is 0 Å². The monoisotopic (exact) mass is 683 g/mol. The first kappa shape index (κ1) is 30.3. The maximum absolute atomic E-state index is 13.5. The van der Waals surface area contributed by atoms with Gasteiger partial charge < -0.3 is 10.0 Å². The molecule has 248 valence electrons. The molecule has 2 heterocycles. The van der Waals surface area contributed by atoms with Crippen molar-refractivity contribution in [3.05, 3.63) is 147 Å². The minimum absolute atomic E-state index is 0.00913. The van der Waals surface area contributed by atoms with Gasteiger partial charge >= 0.3 is 5.97 Å². The molecule has 4 aliphatic rings. The maximum Gasteiger partial charge on any atom is 0.335 e. The SMILES string of the molecule is CC1(C)c2ccccc2-c2cc(N3c4ccc(-c5sc(/C=C6\C(=O)c7ccc(C(=O)O)cc7C6=O)c6ccccc56)cc4C4CCCC43)ccc21. The van der Waals surface area contributed by atoms with Gasteiger partial charge in [-0.05, 0) is 94.8 Å². The fourth-order valence-electron chi connectivity index (χ4n) is 9.35. The van der Waals surface area contributed by atoms with Gasteiger partial charge in [0.1, 0.15) is 0 Å². The van der Waals surface area contributed by atoms with E-state index in [0.29, 0.717) is 12.0 Å². The number of hydrogen-bond donors (Lipinski definition) is 1. The molecule has 10 rings (SSSR count). The number of carbonyl (C=O) groups is 3. The zero-order valence-corrected chi connectivity index (χ0v) is 29.0. The summed E-state index contributed by atoms with van der Waals surface area (Å²) in [5, 5.41) is 11.5. The summed E-state index contributed by atoms with van der Waals surface area (Å²) in [6.45, 7) is 4.65. The number of allylic oxidation sites excluding steroid dienone is 1. The first-order valence-corrected chi connectivity index (χ1v) is 18.4. The first-order valence-electron chi connectivity index (χ1n) is 17.6. The molecule has 0 saturated heterocycles. The predicted octanol–water partition coefficient (Wildman–Crippen LogP) is 10.8. The highest BCUT2D eigenvalue weighted by atomic mass is 32.1. The summed E-state index contributed by atoms with van der Waals surface area (Å²) in [6.07, 6.45) is 5.23. The Hall–Kier alpha value is -5.59. The Morgan fingerprint density at radius 3 is 2.39 bits per heavy atom. The average molecular weight is 684 g/mol. The van der Waals surface area contributed by atoms with Gasteiger partial charge in [0.05, 0.1) is 11.1 Å². The molecule has 0 spiro atoms. The van der Waals surface area contributed by atoms with Crippen LogP contribution in [-0.2, 0) is 5.41 Å². The molecular formula is C45H33NO4S. The Morgan fingerprint density at radius 1 is 0.784 bits per heavy atom. The Kier molecular flexibility index (Phi) is 6.35. The largest absolute Gasteiger partial charge is 0.478 e. The molecule has 0 amide bonds. The van der Waals surface area contributed by atoms with E-state index >= 15 is 0 Å². The highest BCUT2D eigenvalue weighted by Gasteiger charge is 2.43. The van der Waals surface area contributed by atoms with Crippen molar-refractivity contribution in [2.24, 2.45) is 0 Å². The van der Waals surface area contributed by atoms with Crippen molar-refractivity contribution in [1.29, 1.82) is 0 Å². The van der Waals surface area contributed by atoms with Gasteiger partial charge in [-0.2, -0.15) is 0 Å². The van der Waals surface area contributed by atoms with Crippen molar-refractivity contribution in [3.8, 4) is 21.6 Å². The van der Waals surface area contributed by atoms with Crippen LogP contribution in [0.4, 0.5) is 11.4 Å². The van der Waals surface area contributed by atoms with Crippen molar-refractivity contribution in [2.75, 3.05) is 4.90 Å². The number of benzene rings is 5. The molecule has 0 bridgehead atoms. The number of ketones is 2. The Labute approximate surface area is 299 Å². The van der Waals surface area contributed by atoms with E-state index in [4.69, 9.17) is 0 Å². The molecule has 1 fully saturated rings. The van der Waals surface area contributed by atoms with Gasteiger partial charge in [0, 0.05) is 60.4 Å². The number of anilines is 2. The lowest BCUT2D eigenvalue weighted by Gasteiger charge is -2.28. The standard InChI is InChI=1S/C45H33NO4S/c1-45(2)36-12-6-5-8-27(36)32-22-26(16-18-37(32)45)46-38-13-7-11-28(38)33-20-24(15-19-39(33)46)43-31-10-4-3-9-29(31)40(51-43)23-35-41(47)30-17-14-25(44(49)50)21-34(30)42(35)48/h3-6,8-10,12,14-23,28,38H,7,11,13H2,1-2H3,(H,49,50)/b35-23+. The van der Waals surface area contributed by atoms with Crippen LogP contribution in [0.2, 0.25) is 0 Å². The molecule has 1 N–H and O–H groups in total. The molecule has 6 heteroatoms. The zero-order chi connectivity index (χ0) is 34.8. The van der Waals surface area contributed by atoms with E-state index in [1.807, 2.05) is 18.2 Å². The molecule has 0 radical (unpaired) electrons. The van der Waals surface area contributed by atoms with Crippen LogP contribution in [0.15, 0.2) is 109 Å². The van der Waals surface area contributed by atoms with Crippen LogP contribution in [0.5, 0.6) is 0 Å². The Balaban J connectivity index is 1.06. The molecule has 51 heavy (non-hydrogen) atoms. The third-order valence-corrected chi connectivity index (χ3v) is 13.0. The molecular weight excluding hydrogens is 651 g/mol. The normalized spacial score (nSPS) is 20.1. The number of carboxylic acids is 1. The maximum atomic E-state index is 13.5. The van der Waals surface area contributed by atoms with Gasteiger partial charge in [0.25, 0.3) is 0 Å². The van der Waals surface area contributed by atoms with Gasteiger partial charge in [-0.1, -0.05) is 80.9 Å². The van der Waals surface area contributed by atoms with Crippen molar-refractivity contribution in [3.63, 3.8) is 0 Å². The number of rotatable bonds is 4. The number of thiophene rings is 1. The minimum Gasteiger partial charge on any atom is -0.478 e. The Morgan fingerprint density at radius 2 is 1.55 bits per heavy atom. The summed E-state index contributed by atoms with van der Waals surface area (Å²) in [7, 11) is 0. The molecule has 3 aliphatic carbocycles. The van der Waals surface area contributed by atoms with E-state index in [2.05, 4.69) is 85.5 Å². The summed E-state index contributed by atoms with van der Waals surface area (Å²) in [5.41, 5.74) is 10.9. The first-order chi connectivity index (χ1) is 24.7. The summed E-state index contributed by atoms with van der Waals surface area (Å²) in [6, 6.07) is 35.5. The molecule has 1 saturated carbocycles. The van der Waals surface area contributed by atoms with Gasteiger partial charge in [0.15, 0.2) is 11.6 Å².